The van der Waals surface area contributed by atoms with Crippen molar-refractivity contribution in [2.45, 2.75) is 64.6 Å². The van der Waals surface area contributed by atoms with Gasteiger partial charge in [-0.2, -0.15) is 0 Å². The van der Waals surface area contributed by atoms with Crippen LogP contribution in [-0.2, 0) is 11.2 Å². The molecular weight excluding hydrogens is 542 g/mol. The van der Waals surface area contributed by atoms with Gasteiger partial charge in [0, 0.05) is 42.7 Å². The maximum Gasteiger partial charge on any atom is 0.411 e. The van der Waals surface area contributed by atoms with Crippen LogP contribution in [0.3, 0.4) is 0 Å². The van der Waals surface area contributed by atoms with Gasteiger partial charge in [0.25, 0.3) is 5.91 Å². The highest BCUT2D eigenvalue weighted by Gasteiger charge is 2.36. The fourth-order valence-electron chi connectivity index (χ4n) is 5.28. The Bertz CT molecular complexity index is 1550. The first kappa shape index (κ1) is 28.4. The molecule has 0 bridgehead atoms. The normalized spacial score (nSPS) is 18.2. The van der Waals surface area contributed by atoms with Crippen LogP contribution in [0.4, 0.5) is 16.2 Å². The van der Waals surface area contributed by atoms with Crippen LogP contribution in [0.5, 0.6) is 5.75 Å². The second kappa shape index (κ2) is 11.4. The number of pyridine rings is 1. The van der Waals surface area contributed by atoms with Gasteiger partial charge in [-0.25, -0.2) is 4.79 Å². The molecule has 5 rings (SSSR count). The minimum absolute atomic E-state index is 0.0228. The molecule has 2 atom stereocenters. The highest BCUT2D eigenvalue weighted by Crippen LogP contribution is 2.41. The molecule has 0 saturated carbocycles. The van der Waals surface area contributed by atoms with E-state index in [0.717, 1.165) is 24.1 Å². The summed E-state index contributed by atoms with van der Waals surface area (Å²) >= 11 is 6.39. The van der Waals surface area contributed by atoms with Gasteiger partial charge in [0.1, 0.15) is 5.60 Å². The molecule has 0 spiro atoms. The van der Waals surface area contributed by atoms with Crippen molar-refractivity contribution >= 4 is 35.0 Å². The second-order valence-corrected chi connectivity index (χ2v) is 11.6. The average Bonchev–Trinajstić information content (AvgIpc) is 3.47. The van der Waals surface area contributed by atoms with Crippen molar-refractivity contribution in [2.75, 3.05) is 19.0 Å². The number of halogens is 1. The van der Waals surface area contributed by atoms with Crippen molar-refractivity contribution in [3.05, 3.63) is 58.5 Å². The van der Waals surface area contributed by atoms with Crippen LogP contribution in [0.25, 0.3) is 11.3 Å². The van der Waals surface area contributed by atoms with Gasteiger partial charge in [0.2, 0.25) is 0 Å². The number of nitrogens with zero attached hydrogens (tertiary/aromatic N) is 2. The number of hydrogen-bond donors (Lipinski definition) is 3. The van der Waals surface area contributed by atoms with E-state index in [0.29, 0.717) is 51.9 Å². The first-order valence-corrected chi connectivity index (χ1v) is 14.0. The zero-order valence-electron chi connectivity index (χ0n) is 23.9. The molecule has 2 aliphatic rings. The molecule has 0 aliphatic carbocycles. The molecule has 1 aromatic carbocycles. The topological polar surface area (TPSA) is 109 Å². The Kier molecular flexibility index (Phi) is 7.87. The van der Waals surface area contributed by atoms with E-state index in [4.69, 9.17) is 21.1 Å². The van der Waals surface area contributed by atoms with E-state index in [1.165, 1.54) is 0 Å². The number of amides is 2. The van der Waals surface area contributed by atoms with Crippen LogP contribution in [-0.4, -0.2) is 58.2 Å². The molecular formula is C31H34ClN5O4. The summed E-state index contributed by atoms with van der Waals surface area (Å²) in [6.45, 7) is 8.12. The number of anilines is 2. The van der Waals surface area contributed by atoms with Gasteiger partial charge in [0.15, 0.2) is 5.75 Å². The first-order valence-electron chi connectivity index (χ1n) is 13.7. The molecule has 2 amide bonds. The average molecular weight is 576 g/mol. The van der Waals surface area contributed by atoms with Gasteiger partial charge in [-0.1, -0.05) is 29.5 Å². The number of ether oxygens (including phenoxy) is 2. The van der Waals surface area contributed by atoms with Gasteiger partial charge in [0.05, 0.1) is 46.4 Å². The third kappa shape index (κ3) is 5.84. The number of para-hydroxylation sites is 1. The molecule has 1 saturated heterocycles. The summed E-state index contributed by atoms with van der Waals surface area (Å²) in [4.78, 5) is 35.6. The number of carbonyl (C=O) groups is 2. The maximum absolute atomic E-state index is 13.1. The summed E-state index contributed by atoms with van der Waals surface area (Å²) in [5.74, 6) is 6.88. The number of methoxy groups -OCH3 is 1. The quantitative estimate of drug-likeness (QED) is 0.334. The van der Waals surface area contributed by atoms with Crippen molar-refractivity contribution in [1.82, 2.24) is 20.2 Å². The van der Waals surface area contributed by atoms with Gasteiger partial charge in [-0.3, -0.25) is 14.7 Å². The maximum atomic E-state index is 13.1. The molecule has 2 aromatic heterocycles. The fraction of sp³-hybridized carbons (Fsp3) is 0.387. The van der Waals surface area contributed by atoms with Crippen molar-refractivity contribution in [3.63, 3.8) is 0 Å². The molecule has 9 nitrogen and oxygen atoms in total. The van der Waals surface area contributed by atoms with E-state index in [2.05, 4.69) is 32.4 Å². The van der Waals surface area contributed by atoms with E-state index in [9.17, 15) is 9.59 Å². The highest BCUT2D eigenvalue weighted by atomic mass is 35.5. The number of nitrogens with one attached hydrogen (secondary N) is 3. The summed E-state index contributed by atoms with van der Waals surface area (Å²) in [7, 11) is 1.55. The number of hydrogen-bond acceptors (Lipinski definition) is 6. The molecule has 0 radical (unpaired) electrons. The Morgan fingerprint density at radius 3 is 2.80 bits per heavy atom. The fourth-order valence-corrected chi connectivity index (χ4v) is 5.53. The first-order chi connectivity index (χ1) is 19.6. The Morgan fingerprint density at radius 2 is 2.05 bits per heavy atom. The molecule has 3 N–H and O–H groups in total. The van der Waals surface area contributed by atoms with E-state index in [-0.39, 0.29) is 24.1 Å². The monoisotopic (exact) mass is 575 g/mol. The minimum atomic E-state index is -0.595. The van der Waals surface area contributed by atoms with Crippen LogP contribution in [0.2, 0.25) is 5.02 Å². The minimum Gasteiger partial charge on any atom is -0.493 e. The van der Waals surface area contributed by atoms with E-state index < -0.39 is 5.60 Å². The second-order valence-electron chi connectivity index (χ2n) is 11.2. The summed E-state index contributed by atoms with van der Waals surface area (Å²) < 4.78 is 11.2. The number of benzene rings is 1. The van der Waals surface area contributed by atoms with Crippen molar-refractivity contribution in [1.29, 1.82) is 0 Å². The van der Waals surface area contributed by atoms with Crippen LogP contribution < -0.4 is 15.4 Å². The summed E-state index contributed by atoms with van der Waals surface area (Å²) in [5, 5.41) is 6.79. The predicted octanol–water partition coefficient (Wildman–Crippen LogP) is 5.91. The number of fused-ring (bicyclic) bond motifs is 1. The summed E-state index contributed by atoms with van der Waals surface area (Å²) in [5.41, 5.74) is 4.11. The number of aromatic nitrogens is 2. The lowest BCUT2D eigenvalue weighted by atomic mass is 10.0. The van der Waals surface area contributed by atoms with Gasteiger partial charge in [-0.05, 0) is 58.7 Å². The van der Waals surface area contributed by atoms with Crippen LogP contribution in [0.1, 0.15) is 62.2 Å². The predicted molar refractivity (Wildman–Crippen MR) is 159 cm³/mol. The van der Waals surface area contributed by atoms with Crippen molar-refractivity contribution in [2.24, 2.45) is 0 Å². The molecule has 0 unspecified atom stereocenters. The van der Waals surface area contributed by atoms with Crippen molar-refractivity contribution in [3.8, 4) is 28.8 Å². The van der Waals surface area contributed by atoms with E-state index in [1.807, 2.05) is 45.9 Å². The third-order valence-corrected chi connectivity index (χ3v) is 7.43. The van der Waals surface area contributed by atoms with Crippen molar-refractivity contribution < 1.29 is 19.1 Å². The molecule has 2 aliphatic heterocycles. The lowest BCUT2D eigenvalue weighted by Gasteiger charge is -2.29. The van der Waals surface area contributed by atoms with Crippen LogP contribution in [0, 0.1) is 11.8 Å². The Morgan fingerprint density at radius 1 is 1.24 bits per heavy atom. The zero-order valence-corrected chi connectivity index (χ0v) is 24.6. The summed E-state index contributed by atoms with van der Waals surface area (Å²) in [6.07, 6.45) is 5.27. The Hall–Kier alpha value is -4.16. The SMILES string of the molecule is COc1c(Cl)cccc1Nc1c(-c2ccncc2C#C[C@@H]2CC[C@H](C)N2C(=O)OC(C)(C)C)[nH]c2c1C(=O)NCC2. The number of likely N-dealkylation sites (tertiary alicyclic amines) is 1. The van der Waals surface area contributed by atoms with E-state index >= 15 is 0 Å². The third-order valence-electron chi connectivity index (χ3n) is 7.13. The number of H-pyrrole nitrogens is 1. The highest BCUT2D eigenvalue weighted by molar-refractivity contribution is 6.32. The van der Waals surface area contributed by atoms with Crippen LogP contribution in [0.15, 0.2) is 36.7 Å². The lowest BCUT2D eigenvalue weighted by molar-refractivity contribution is 0.0200. The molecule has 41 heavy (non-hydrogen) atoms. The largest absolute Gasteiger partial charge is 0.493 e. The molecule has 10 heteroatoms. The summed E-state index contributed by atoms with van der Waals surface area (Å²) in [6, 6.07) is 7.00. The van der Waals surface area contributed by atoms with Gasteiger partial charge >= 0.3 is 6.09 Å². The molecule has 1 fully saturated rings. The molecule has 4 heterocycles. The number of aromatic amines is 1. The molecule has 3 aromatic rings. The van der Waals surface area contributed by atoms with Gasteiger partial charge < -0.3 is 25.1 Å². The Labute approximate surface area is 245 Å². The Balaban J connectivity index is 1.56. The standard InChI is InChI=1S/C31H34ClN5O4/c1-18-9-11-20(37(18)30(39)41-31(2,3)4)12-10-19-17-33-15-13-21(19)26-27(25-23(35-26)14-16-34-29(25)38)36-24-8-6-7-22(32)28(24)40-5/h6-8,13,15,17-18,20,35-36H,9,11,14,16H2,1-5H3,(H,34,38)/t18-,20-/m0/s1. The van der Waals surface area contributed by atoms with E-state index in [1.54, 1.807) is 30.5 Å². The zero-order chi connectivity index (χ0) is 29.3. The number of carbonyl (C=O) groups excluding carboxylic acids is 2. The van der Waals surface area contributed by atoms with Crippen LogP contribution >= 0.6 is 11.6 Å². The smallest absolute Gasteiger partial charge is 0.411 e. The molecule has 214 valence electrons. The number of rotatable bonds is 4. The lowest BCUT2D eigenvalue weighted by Crippen LogP contribution is -2.42. The van der Waals surface area contributed by atoms with Gasteiger partial charge in [-0.15, -0.1) is 0 Å².